The molecule has 82 valence electrons. The Balaban J connectivity index is 2.43. The number of nitrogens with one attached hydrogen (secondary N) is 1. The Morgan fingerprint density at radius 2 is 2.20 bits per heavy atom. The van der Waals surface area contributed by atoms with Crippen LogP contribution in [0.3, 0.4) is 0 Å². The zero-order valence-corrected chi connectivity index (χ0v) is 8.66. The molecule has 1 amide bonds. The van der Waals surface area contributed by atoms with Gasteiger partial charge < -0.3 is 11.1 Å². The lowest BCUT2D eigenvalue weighted by atomic mass is 10.2. The molecule has 0 aliphatic rings. The average Bonchev–Trinajstić information content (AvgIpc) is 2.15. The van der Waals surface area contributed by atoms with Crippen LogP contribution in [-0.4, -0.2) is 11.9 Å². The van der Waals surface area contributed by atoms with Crippen LogP contribution in [0.25, 0.3) is 0 Å². The molecule has 0 fully saturated rings. The summed E-state index contributed by atoms with van der Waals surface area (Å²) in [4.78, 5) is 10.6. The van der Waals surface area contributed by atoms with Gasteiger partial charge in [-0.15, -0.1) is 0 Å². The molecule has 3 N–H and O–H groups in total. The normalized spacial score (nSPS) is 12.4. The number of carbonyl (C=O) groups is 1. The molecule has 1 aromatic carbocycles. The van der Waals surface area contributed by atoms with E-state index in [4.69, 9.17) is 5.73 Å². The predicted octanol–water partition coefficient (Wildman–Crippen LogP) is 1.18. The molecule has 15 heavy (non-hydrogen) atoms. The van der Waals surface area contributed by atoms with Crippen molar-refractivity contribution in [3.8, 4) is 0 Å². The molecule has 0 spiro atoms. The summed E-state index contributed by atoms with van der Waals surface area (Å²) in [6.45, 7) is 2.24. The molecule has 0 saturated carbocycles. The van der Waals surface area contributed by atoms with Gasteiger partial charge in [-0.05, 0) is 13.0 Å². The van der Waals surface area contributed by atoms with Crippen LogP contribution in [0.4, 0.5) is 4.39 Å². The first-order valence-electron chi connectivity index (χ1n) is 4.84. The number of primary amides is 1. The van der Waals surface area contributed by atoms with Crippen LogP contribution in [-0.2, 0) is 11.3 Å². The van der Waals surface area contributed by atoms with E-state index >= 15 is 0 Å². The summed E-state index contributed by atoms with van der Waals surface area (Å²) in [5, 5.41) is 3.03. The molecule has 0 aliphatic carbocycles. The molecule has 0 heterocycles. The van der Waals surface area contributed by atoms with Crippen molar-refractivity contribution in [2.45, 2.75) is 25.9 Å². The van der Waals surface area contributed by atoms with E-state index in [1.807, 2.05) is 6.92 Å². The second kappa shape index (κ2) is 5.46. The van der Waals surface area contributed by atoms with Gasteiger partial charge in [0.1, 0.15) is 5.82 Å². The van der Waals surface area contributed by atoms with Gasteiger partial charge in [0, 0.05) is 24.6 Å². The minimum absolute atomic E-state index is 0.0397. The van der Waals surface area contributed by atoms with Crippen molar-refractivity contribution in [2.24, 2.45) is 5.73 Å². The number of nitrogens with two attached hydrogens (primary N) is 1. The fourth-order valence-electron chi connectivity index (χ4n) is 1.30. The molecule has 1 unspecified atom stereocenters. The van der Waals surface area contributed by atoms with E-state index in [-0.39, 0.29) is 24.2 Å². The molecular formula is C11H15FN2O. The van der Waals surface area contributed by atoms with Gasteiger partial charge in [0.25, 0.3) is 0 Å². The summed E-state index contributed by atoms with van der Waals surface area (Å²) in [5.41, 5.74) is 5.63. The molecule has 4 heteroatoms. The lowest BCUT2D eigenvalue weighted by molar-refractivity contribution is -0.118. The summed E-state index contributed by atoms with van der Waals surface area (Å²) in [6, 6.07) is 6.50. The maximum atomic E-state index is 13.2. The van der Waals surface area contributed by atoms with Crippen molar-refractivity contribution in [1.82, 2.24) is 5.32 Å². The number of hydrogen-bond acceptors (Lipinski definition) is 2. The summed E-state index contributed by atoms with van der Waals surface area (Å²) in [7, 11) is 0. The fourth-order valence-corrected chi connectivity index (χ4v) is 1.30. The summed E-state index contributed by atoms with van der Waals surface area (Å²) in [5.74, 6) is -0.597. The molecule has 3 nitrogen and oxygen atoms in total. The highest BCUT2D eigenvalue weighted by Crippen LogP contribution is 2.06. The van der Waals surface area contributed by atoms with E-state index in [9.17, 15) is 9.18 Å². The highest BCUT2D eigenvalue weighted by atomic mass is 19.1. The van der Waals surface area contributed by atoms with Gasteiger partial charge in [-0.2, -0.15) is 0 Å². The van der Waals surface area contributed by atoms with Gasteiger partial charge in [-0.1, -0.05) is 18.2 Å². The first kappa shape index (κ1) is 11.7. The first-order chi connectivity index (χ1) is 7.09. The molecule has 0 saturated heterocycles. The summed E-state index contributed by atoms with van der Waals surface area (Å²) in [6.07, 6.45) is 0.258. The number of halogens is 1. The number of hydrogen-bond donors (Lipinski definition) is 2. The maximum Gasteiger partial charge on any atom is 0.218 e. The Morgan fingerprint density at radius 3 is 2.80 bits per heavy atom. The summed E-state index contributed by atoms with van der Waals surface area (Å²) >= 11 is 0. The van der Waals surface area contributed by atoms with Crippen molar-refractivity contribution in [1.29, 1.82) is 0 Å². The second-order valence-corrected chi connectivity index (χ2v) is 3.54. The van der Waals surface area contributed by atoms with Crippen LogP contribution in [0.1, 0.15) is 18.9 Å². The van der Waals surface area contributed by atoms with Crippen LogP contribution in [0, 0.1) is 5.82 Å². The third-order valence-corrected chi connectivity index (χ3v) is 2.11. The van der Waals surface area contributed by atoms with E-state index in [1.54, 1.807) is 18.2 Å². The monoisotopic (exact) mass is 210 g/mol. The van der Waals surface area contributed by atoms with Crippen LogP contribution >= 0.6 is 0 Å². The predicted molar refractivity (Wildman–Crippen MR) is 56.5 cm³/mol. The van der Waals surface area contributed by atoms with Crippen molar-refractivity contribution in [3.63, 3.8) is 0 Å². The van der Waals surface area contributed by atoms with E-state index in [0.717, 1.165) is 0 Å². The zero-order chi connectivity index (χ0) is 11.3. The molecule has 1 rings (SSSR count). The van der Waals surface area contributed by atoms with Gasteiger partial charge in [0.05, 0.1) is 0 Å². The van der Waals surface area contributed by atoms with Gasteiger partial charge in [0.2, 0.25) is 5.91 Å². The third kappa shape index (κ3) is 4.08. The topological polar surface area (TPSA) is 55.1 Å². The largest absolute Gasteiger partial charge is 0.370 e. The molecule has 1 aromatic rings. The van der Waals surface area contributed by atoms with Crippen LogP contribution in [0.5, 0.6) is 0 Å². The van der Waals surface area contributed by atoms with Crippen molar-refractivity contribution >= 4 is 5.91 Å². The second-order valence-electron chi connectivity index (χ2n) is 3.54. The Labute approximate surface area is 88.5 Å². The third-order valence-electron chi connectivity index (χ3n) is 2.11. The minimum atomic E-state index is -0.358. The molecule has 0 bridgehead atoms. The number of amides is 1. The van der Waals surface area contributed by atoms with Crippen molar-refractivity contribution in [3.05, 3.63) is 35.6 Å². The average molecular weight is 210 g/mol. The van der Waals surface area contributed by atoms with Crippen LogP contribution < -0.4 is 11.1 Å². The summed E-state index contributed by atoms with van der Waals surface area (Å²) < 4.78 is 13.2. The Hall–Kier alpha value is -1.42. The van der Waals surface area contributed by atoms with Crippen LogP contribution in [0.2, 0.25) is 0 Å². The van der Waals surface area contributed by atoms with Gasteiger partial charge in [-0.25, -0.2) is 4.39 Å². The highest BCUT2D eigenvalue weighted by Gasteiger charge is 2.06. The van der Waals surface area contributed by atoms with Gasteiger partial charge in [0.15, 0.2) is 0 Å². The Bertz CT molecular complexity index is 341. The number of carbonyl (C=O) groups excluding carboxylic acids is 1. The quantitative estimate of drug-likeness (QED) is 0.766. The molecule has 0 aliphatic heterocycles. The number of benzene rings is 1. The van der Waals surface area contributed by atoms with Gasteiger partial charge >= 0.3 is 0 Å². The number of rotatable bonds is 5. The van der Waals surface area contributed by atoms with Crippen molar-refractivity contribution < 1.29 is 9.18 Å². The Morgan fingerprint density at radius 1 is 1.53 bits per heavy atom. The van der Waals surface area contributed by atoms with E-state index < -0.39 is 0 Å². The molecule has 0 radical (unpaired) electrons. The lowest BCUT2D eigenvalue weighted by Crippen LogP contribution is -2.30. The molecule has 1 atom stereocenters. The van der Waals surface area contributed by atoms with E-state index in [1.165, 1.54) is 6.07 Å². The van der Waals surface area contributed by atoms with E-state index in [0.29, 0.717) is 12.1 Å². The first-order valence-corrected chi connectivity index (χ1v) is 4.84. The molecular weight excluding hydrogens is 195 g/mol. The van der Waals surface area contributed by atoms with Gasteiger partial charge in [-0.3, -0.25) is 4.79 Å². The maximum absolute atomic E-state index is 13.2. The Kier molecular flexibility index (Phi) is 4.24. The van der Waals surface area contributed by atoms with Crippen LogP contribution in [0.15, 0.2) is 24.3 Å². The fraction of sp³-hybridized carbons (Fsp3) is 0.364. The smallest absolute Gasteiger partial charge is 0.218 e. The minimum Gasteiger partial charge on any atom is -0.370 e. The van der Waals surface area contributed by atoms with E-state index in [2.05, 4.69) is 5.32 Å². The molecule has 0 aromatic heterocycles. The highest BCUT2D eigenvalue weighted by molar-refractivity contribution is 5.74. The van der Waals surface area contributed by atoms with Crippen molar-refractivity contribution in [2.75, 3.05) is 0 Å². The standard InChI is InChI=1S/C11H15FN2O/c1-8(6-11(13)15)14-7-9-4-2-3-5-10(9)12/h2-5,8,14H,6-7H2,1H3,(H2,13,15). The zero-order valence-electron chi connectivity index (χ0n) is 8.66. The lowest BCUT2D eigenvalue weighted by Gasteiger charge is -2.11. The SMILES string of the molecule is CC(CC(N)=O)NCc1ccccc1F.